The molecule has 0 radical (unpaired) electrons. The highest BCUT2D eigenvalue weighted by atomic mass is 16.5. The van der Waals surface area contributed by atoms with Gasteiger partial charge in [-0.15, -0.1) is 6.58 Å². The average molecular weight is 397 g/mol. The predicted octanol–water partition coefficient (Wildman–Crippen LogP) is 4.47. The van der Waals surface area contributed by atoms with Gasteiger partial charge in [-0.25, -0.2) is 0 Å². The number of hydrogen-bond acceptors (Lipinski definition) is 4. The van der Waals surface area contributed by atoms with Gasteiger partial charge in [-0.1, -0.05) is 47.6 Å². The number of ether oxygens (including phenoxy) is 1. The van der Waals surface area contributed by atoms with Gasteiger partial charge in [0.15, 0.2) is 0 Å². The molecule has 164 valence electrons. The Morgan fingerprint density at radius 1 is 1.14 bits per heavy atom. The molecule has 0 saturated carbocycles. The molecule has 5 nitrogen and oxygen atoms in total. The molecule has 0 aromatic rings. The fraction of sp³-hybridized carbons (Fsp3) is 0.826. The van der Waals surface area contributed by atoms with Crippen LogP contribution in [0.3, 0.4) is 0 Å². The van der Waals surface area contributed by atoms with E-state index in [1.54, 1.807) is 7.05 Å². The van der Waals surface area contributed by atoms with Gasteiger partial charge in [0, 0.05) is 6.04 Å². The molecule has 0 aliphatic heterocycles. The van der Waals surface area contributed by atoms with Crippen molar-refractivity contribution in [1.82, 2.24) is 10.6 Å². The minimum Gasteiger partial charge on any atom is -0.466 e. The van der Waals surface area contributed by atoms with Gasteiger partial charge in [-0.2, -0.15) is 0 Å². The summed E-state index contributed by atoms with van der Waals surface area (Å²) in [7, 11) is 1.80. The molecule has 28 heavy (non-hydrogen) atoms. The molecule has 0 spiro atoms. The molecular formula is C23H44N2O3. The number of likely N-dealkylation sites (N-methyl/N-ethyl adjacent to an activating group) is 1. The Balaban J connectivity index is 5.84. The molecule has 2 N–H and O–H groups in total. The van der Waals surface area contributed by atoms with E-state index in [1.165, 1.54) is 0 Å². The first-order chi connectivity index (χ1) is 13.1. The summed E-state index contributed by atoms with van der Waals surface area (Å²) in [6.07, 6.45) is 5.80. The quantitative estimate of drug-likeness (QED) is 0.336. The third kappa shape index (κ3) is 7.57. The number of carbonyl (C=O) groups excluding carboxylic acids is 2. The predicted molar refractivity (Wildman–Crippen MR) is 117 cm³/mol. The Labute approximate surface area is 173 Å². The second-order valence-corrected chi connectivity index (χ2v) is 8.62. The summed E-state index contributed by atoms with van der Waals surface area (Å²) in [6, 6.07) is -0.377. The van der Waals surface area contributed by atoms with Crippen molar-refractivity contribution in [3.05, 3.63) is 12.7 Å². The van der Waals surface area contributed by atoms with Gasteiger partial charge >= 0.3 is 5.97 Å². The van der Waals surface area contributed by atoms with Crippen LogP contribution in [0.4, 0.5) is 0 Å². The van der Waals surface area contributed by atoms with E-state index >= 15 is 0 Å². The number of carbonyl (C=O) groups is 2. The molecular weight excluding hydrogens is 352 g/mol. The van der Waals surface area contributed by atoms with Crippen molar-refractivity contribution in [3.63, 3.8) is 0 Å². The summed E-state index contributed by atoms with van der Waals surface area (Å²) < 4.78 is 5.17. The van der Waals surface area contributed by atoms with E-state index in [0.29, 0.717) is 19.4 Å². The Morgan fingerprint density at radius 2 is 1.75 bits per heavy atom. The van der Waals surface area contributed by atoms with E-state index in [2.05, 4.69) is 44.9 Å². The zero-order valence-electron chi connectivity index (χ0n) is 19.5. The van der Waals surface area contributed by atoms with E-state index in [0.717, 1.165) is 19.3 Å². The topological polar surface area (TPSA) is 67.4 Å². The molecule has 0 rings (SSSR count). The van der Waals surface area contributed by atoms with Crippen molar-refractivity contribution >= 4 is 11.9 Å². The maximum atomic E-state index is 12.9. The normalized spacial score (nSPS) is 18.9. The van der Waals surface area contributed by atoms with Crippen LogP contribution < -0.4 is 10.6 Å². The van der Waals surface area contributed by atoms with Crippen LogP contribution in [0.5, 0.6) is 0 Å². The van der Waals surface area contributed by atoms with Crippen LogP contribution in [-0.2, 0) is 14.3 Å². The van der Waals surface area contributed by atoms with Crippen molar-refractivity contribution in [1.29, 1.82) is 0 Å². The fourth-order valence-electron chi connectivity index (χ4n) is 4.10. The van der Waals surface area contributed by atoms with E-state index in [-0.39, 0.29) is 40.7 Å². The lowest BCUT2D eigenvalue weighted by Crippen LogP contribution is -2.55. The fourth-order valence-corrected chi connectivity index (χ4v) is 4.10. The second-order valence-electron chi connectivity index (χ2n) is 8.62. The number of hydrogen-bond donors (Lipinski definition) is 2. The van der Waals surface area contributed by atoms with Crippen molar-refractivity contribution < 1.29 is 14.3 Å². The summed E-state index contributed by atoms with van der Waals surface area (Å²) in [5, 5.41) is 6.36. The number of allylic oxidation sites excluding steroid dienone is 1. The monoisotopic (exact) mass is 396 g/mol. The van der Waals surface area contributed by atoms with E-state index in [9.17, 15) is 9.59 Å². The molecule has 0 fully saturated rings. The molecule has 5 atom stereocenters. The lowest BCUT2D eigenvalue weighted by molar-refractivity contribution is -0.145. The van der Waals surface area contributed by atoms with Crippen molar-refractivity contribution in [3.8, 4) is 0 Å². The summed E-state index contributed by atoms with van der Waals surface area (Å²) >= 11 is 0. The third-order valence-corrected chi connectivity index (χ3v) is 6.40. The first kappa shape index (κ1) is 26.6. The van der Waals surface area contributed by atoms with Crippen molar-refractivity contribution in [2.75, 3.05) is 13.7 Å². The second kappa shape index (κ2) is 12.3. The Bertz CT molecular complexity index is 504. The largest absolute Gasteiger partial charge is 0.466 e. The highest BCUT2D eigenvalue weighted by molar-refractivity contribution is 5.82. The minimum atomic E-state index is -0.240. The van der Waals surface area contributed by atoms with Crippen LogP contribution in [0, 0.1) is 16.7 Å². The maximum absolute atomic E-state index is 12.9. The van der Waals surface area contributed by atoms with Crippen LogP contribution in [-0.4, -0.2) is 37.6 Å². The van der Waals surface area contributed by atoms with Gasteiger partial charge in [0.1, 0.15) is 0 Å². The van der Waals surface area contributed by atoms with E-state index < -0.39 is 0 Å². The smallest absolute Gasteiger partial charge is 0.306 e. The van der Waals surface area contributed by atoms with Crippen LogP contribution in [0.15, 0.2) is 12.7 Å². The molecule has 0 aliphatic rings. The summed E-state index contributed by atoms with van der Waals surface area (Å²) in [5.74, 6) is -0.259. The summed E-state index contributed by atoms with van der Waals surface area (Å²) in [5.41, 5.74) is -0.197. The zero-order valence-corrected chi connectivity index (χ0v) is 19.5. The van der Waals surface area contributed by atoms with Crippen molar-refractivity contribution in [2.45, 2.75) is 92.7 Å². The Kier molecular flexibility index (Phi) is 11.7. The van der Waals surface area contributed by atoms with Gasteiger partial charge in [-0.3, -0.25) is 9.59 Å². The molecule has 0 aliphatic carbocycles. The standard InChI is InChI=1S/C23H44N2O3/c1-10-18(24-9)21(27)25-20(17(6)15-19(26)28-14-5)23(8,13-4)16-22(7,11-2)12-3/h11,17-18,20,24H,2,10,12-16H2,1,3-9H3,(H,25,27). The molecule has 1 amide bonds. The van der Waals surface area contributed by atoms with Crippen LogP contribution in [0.1, 0.15) is 80.6 Å². The number of nitrogens with one attached hydrogen (secondary N) is 2. The van der Waals surface area contributed by atoms with Gasteiger partial charge in [0.2, 0.25) is 5.91 Å². The molecule has 0 aromatic carbocycles. The highest BCUT2D eigenvalue weighted by Gasteiger charge is 2.42. The molecule has 0 heterocycles. The van der Waals surface area contributed by atoms with Gasteiger partial charge < -0.3 is 15.4 Å². The average Bonchev–Trinajstić information content (AvgIpc) is 2.66. The summed E-state index contributed by atoms with van der Waals surface area (Å²) in [4.78, 5) is 25.0. The molecule has 5 unspecified atom stereocenters. The molecule has 0 bridgehead atoms. The SMILES string of the molecule is C=CC(C)(CC)CC(C)(CC)C(NC(=O)C(CC)NC)C(C)CC(=O)OCC. The molecule has 0 aromatic heterocycles. The lowest BCUT2D eigenvalue weighted by Gasteiger charge is -2.45. The maximum Gasteiger partial charge on any atom is 0.306 e. The Morgan fingerprint density at radius 3 is 2.14 bits per heavy atom. The highest BCUT2D eigenvalue weighted by Crippen LogP contribution is 2.44. The van der Waals surface area contributed by atoms with Gasteiger partial charge in [0.25, 0.3) is 0 Å². The minimum absolute atomic E-state index is 0.0119. The number of rotatable bonds is 14. The van der Waals surface area contributed by atoms with Crippen molar-refractivity contribution in [2.24, 2.45) is 16.7 Å². The van der Waals surface area contributed by atoms with Gasteiger partial charge in [-0.05, 0) is 56.4 Å². The summed E-state index contributed by atoms with van der Waals surface area (Å²) in [6.45, 7) is 19.0. The number of amides is 1. The van der Waals surface area contributed by atoms with Gasteiger partial charge in [0.05, 0.1) is 19.1 Å². The first-order valence-corrected chi connectivity index (χ1v) is 10.8. The molecule has 0 saturated heterocycles. The Hall–Kier alpha value is -1.36. The van der Waals surface area contributed by atoms with Crippen LogP contribution >= 0.6 is 0 Å². The molecule has 5 heteroatoms. The third-order valence-electron chi connectivity index (χ3n) is 6.40. The lowest BCUT2D eigenvalue weighted by atomic mass is 9.64. The first-order valence-electron chi connectivity index (χ1n) is 10.8. The van der Waals surface area contributed by atoms with E-state index in [1.807, 2.05) is 26.8 Å². The number of esters is 1. The van der Waals surface area contributed by atoms with E-state index in [4.69, 9.17) is 4.74 Å². The van der Waals surface area contributed by atoms with Crippen LogP contribution in [0.2, 0.25) is 0 Å². The zero-order chi connectivity index (χ0) is 22.0. The van der Waals surface area contributed by atoms with Crippen LogP contribution in [0.25, 0.3) is 0 Å².